The number of ether oxygens (including phenoxy) is 3. The van der Waals surface area contributed by atoms with E-state index in [0.717, 1.165) is 17.5 Å². The number of methoxy groups -OCH3 is 1. The smallest absolute Gasteiger partial charge is 0.296 e. The molecule has 226 valence electrons. The number of amides is 1. The number of furan rings is 1. The number of unbranched alkanes of at least 4 members (excludes halogenated alkanes) is 1. The summed E-state index contributed by atoms with van der Waals surface area (Å²) in [6.07, 6.45) is 1.84. The maximum Gasteiger partial charge on any atom is 0.296 e. The number of thiazole rings is 1. The predicted molar refractivity (Wildman–Crippen MR) is 170 cm³/mol. The van der Waals surface area contributed by atoms with E-state index < -0.39 is 23.5 Å². The van der Waals surface area contributed by atoms with E-state index >= 15 is 0 Å². The fraction of sp³-hybridized carbons (Fsp3) is 0.242. The highest BCUT2D eigenvalue weighted by atomic mass is 35.5. The molecule has 1 amide bonds. The number of rotatable bonds is 11. The van der Waals surface area contributed by atoms with Crippen LogP contribution in [0.1, 0.15) is 48.8 Å². The standard InChI is InChI=1S/C33H29ClN2O7S/c1-4-6-14-42-22-13-10-18(15-24(22)41-5-2)28-27(29(37)25-16-19-8-7-9-23(40-3)31(19)43-25)30(38)32(39)36(28)33-35-21-12-11-20(34)17-26(21)44-33/h7-13,15-17,28,38H,4-6,14H2,1-3H3. The molecule has 1 N–H and O–H groups in total. The molecule has 3 heterocycles. The molecule has 0 radical (unpaired) electrons. The number of carbonyl (C=O) groups is 2. The summed E-state index contributed by atoms with van der Waals surface area (Å²) in [7, 11) is 1.51. The van der Waals surface area contributed by atoms with Crippen LogP contribution in [0.15, 0.2) is 76.4 Å². The van der Waals surface area contributed by atoms with Gasteiger partial charge in [0, 0.05) is 10.4 Å². The molecule has 1 aliphatic heterocycles. The lowest BCUT2D eigenvalue weighted by molar-refractivity contribution is -0.117. The second-order valence-electron chi connectivity index (χ2n) is 10.1. The molecule has 1 unspecified atom stereocenters. The van der Waals surface area contributed by atoms with E-state index in [1.165, 1.54) is 23.3 Å². The summed E-state index contributed by atoms with van der Waals surface area (Å²) >= 11 is 7.45. The van der Waals surface area contributed by atoms with Crippen molar-refractivity contribution in [2.24, 2.45) is 0 Å². The van der Waals surface area contributed by atoms with Crippen molar-refractivity contribution in [2.45, 2.75) is 32.7 Å². The molecule has 0 bridgehead atoms. The normalized spacial score (nSPS) is 15.0. The molecular weight excluding hydrogens is 604 g/mol. The minimum atomic E-state index is -1.05. The number of benzene rings is 3. The van der Waals surface area contributed by atoms with Gasteiger partial charge in [0.2, 0.25) is 5.78 Å². The van der Waals surface area contributed by atoms with Gasteiger partial charge in [0.25, 0.3) is 5.91 Å². The highest BCUT2D eigenvalue weighted by Gasteiger charge is 2.47. The Hall–Kier alpha value is -4.54. The van der Waals surface area contributed by atoms with Gasteiger partial charge < -0.3 is 23.7 Å². The molecular formula is C33H29ClN2O7S. The number of aliphatic hydroxyl groups excluding tert-OH is 1. The lowest BCUT2D eigenvalue weighted by Gasteiger charge is -2.25. The molecule has 1 atom stereocenters. The van der Waals surface area contributed by atoms with Gasteiger partial charge in [0.15, 0.2) is 39.5 Å². The summed E-state index contributed by atoms with van der Waals surface area (Å²) in [5.74, 6) is -0.701. The van der Waals surface area contributed by atoms with Crippen molar-refractivity contribution >= 4 is 60.9 Å². The van der Waals surface area contributed by atoms with E-state index in [1.807, 2.05) is 6.92 Å². The zero-order chi connectivity index (χ0) is 31.0. The molecule has 9 nitrogen and oxygen atoms in total. The van der Waals surface area contributed by atoms with Crippen LogP contribution in [0.5, 0.6) is 17.2 Å². The number of aliphatic hydroxyl groups is 1. The topological polar surface area (TPSA) is 111 Å². The maximum atomic E-state index is 14.2. The zero-order valence-electron chi connectivity index (χ0n) is 24.3. The molecule has 0 fully saturated rings. The Kier molecular flexibility index (Phi) is 8.20. The molecule has 6 rings (SSSR count). The Morgan fingerprint density at radius 1 is 1.07 bits per heavy atom. The number of para-hydroxylation sites is 1. The summed E-state index contributed by atoms with van der Waals surface area (Å²) in [6.45, 7) is 4.81. The number of anilines is 1. The van der Waals surface area contributed by atoms with E-state index in [9.17, 15) is 14.7 Å². The quantitative estimate of drug-likeness (QED) is 0.115. The first-order valence-electron chi connectivity index (χ1n) is 14.2. The van der Waals surface area contributed by atoms with E-state index in [0.29, 0.717) is 62.7 Å². The van der Waals surface area contributed by atoms with Crippen LogP contribution in [0.4, 0.5) is 5.13 Å². The monoisotopic (exact) mass is 632 g/mol. The van der Waals surface area contributed by atoms with Crippen molar-refractivity contribution < 1.29 is 33.3 Å². The van der Waals surface area contributed by atoms with Crippen LogP contribution in [0.3, 0.4) is 0 Å². The number of carbonyl (C=O) groups excluding carboxylic acids is 2. The minimum absolute atomic E-state index is 0.0497. The van der Waals surface area contributed by atoms with Crippen LogP contribution in [0, 0.1) is 0 Å². The molecule has 44 heavy (non-hydrogen) atoms. The summed E-state index contributed by atoms with van der Waals surface area (Å²) in [4.78, 5) is 34.0. The van der Waals surface area contributed by atoms with Gasteiger partial charge in [-0.2, -0.15) is 0 Å². The molecule has 5 aromatic rings. The fourth-order valence-corrected chi connectivity index (χ4v) is 6.46. The van der Waals surface area contributed by atoms with Crippen molar-refractivity contribution in [3.05, 3.63) is 88.3 Å². The van der Waals surface area contributed by atoms with E-state index in [2.05, 4.69) is 11.9 Å². The molecule has 0 saturated carbocycles. The summed E-state index contributed by atoms with van der Waals surface area (Å²) in [5.41, 5.74) is 1.38. The largest absolute Gasteiger partial charge is 0.503 e. The van der Waals surface area contributed by atoms with Crippen molar-refractivity contribution in [1.29, 1.82) is 0 Å². The number of ketones is 1. The van der Waals surface area contributed by atoms with Gasteiger partial charge in [-0.3, -0.25) is 14.5 Å². The Labute approximate surface area is 262 Å². The Bertz CT molecular complexity index is 1930. The number of Topliss-reactive ketones (excluding diaryl/α,β-unsaturated/α-hetero) is 1. The third kappa shape index (κ3) is 5.24. The lowest BCUT2D eigenvalue weighted by atomic mass is 9.95. The van der Waals surface area contributed by atoms with Gasteiger partial charge in [-0.05, 0) is 61.4 Å². The number of hydrogen-bond donors (Lipinski definition) is 1. The first-order valence-corrected chi connectivity index (χ1v) is 15.4. The molecule has 11 heteroatoms. The lowest BCUT2D eigenvalue weighted by Crippen LogP contribution is -2.31. The number of nitrogens with zero attached hydrogens (tertiary/aromatic N) is 2. The van der Waals surface area contributed by atoms with Crippen LogP contribution < -0.4 is 19.1 Å². The number of hydrogen-bond acceptors (Lipinski definition) is 9. The first kappa shape index (κ1) is 29.5. The first-order chi connectivity index (χ1) is 21.3. The molecule has 0 spiro atoms. The van der Waals surface area contributed by atoms with Crippen LogP contribution in [0.25, 0.3) is 21.2 Å². The Morgan fingerprint density at radius 3 is 2.68 bits per heavy atom. The number of aromatic nitrogens is 1. The SMILES string of the molecule is CCCCOc1ccc(C2C(C(=O)c3cc4cccc(OC)c4o3)=C(O)C(=O)N2c2nc3ccc(Cl)cc3s2)cc1OCC. The minimum Gasteiger partial charge on any atom is -0.503 e. The molecule has 0 aliphatic carbocycles. The predicted octanol–water partition coefficient (Wildman–Crippen LogP) is 8.07. The molecule has 1 aliphatic rings. The van der Waals surface area contributed by atoms with Crippen LogP contribution in [0.2, 0.25) is 5.02 Å². The van der Waals surface area contributed by atoms with Gasteiger partial charge in [0.1, 0.15) is 0 Å². The summed E-state index contributed by atoms with van der Waals surface area (Å²) in [6, 6.07) is 16.3. The highest BCUT2D eigenvalue weighted by Crippen LogP contribution is 2.46. The van der Waals surface area contributed by atoms with Crippen LogP contribution in [-0.4, -0.2) is 42.1 Å². The van der Waals surface area contributed by atoms with Crippen molar-refractivity contribution in [3.63, 3.8) is 0 Å². The third-order valence-corrected chi connectivity index (χ3v) is 8.54. The highest BCUT2D eigenvalue weighted by molar-refractivity contribution is 7.22. The Balaban J connectivity index is 1.50. The number of halogens is 1. The molecule has 2 aromatic heterocycles. The maximum absolute atomic E-state index is 14.2. The second kappa shape index (κ2) is 12.2. The van der Waals surface area contributed by atoms with Crippen molar-refractivity contribution in [2.75, 3.05) is 25.2 Å². The second-order valence-corrected chi connectivity index (χ2v) is 11.6. The third-order valence-electron chi connectivity index (χ3n) is 7.29. The van der Waals surface area contributed by atoms with Gasteiger partial charge >= 0.3 is 0 Å². The number of fused-ring (bicyclic) bond motifs is 2. The van der Waals surface area contributed by atoms with E-state index in [1.54, 1.807) is 60.7 Å². The Morgan fingerprint density at radius 2 is 1.91 bits per heavy atom. The summed E-state index contributed by atoms with van der Waals surface area (Å²) in [5, 5.41) is 12.8. The van der Waals surface area contributed by atoms with Gasteiger partial charge in [-0.25, -0.2) is 4.98 Å². The van der Waals surface area contributed by atoms with Crippen LogP contribution in [-0.2, 0) is 4.79 Å². The van der Waals surface area contributed by atoms with Gasteiger partial charge in [-0.15, -0.1) is 0 Å². The van der Waals surface area contributed by atoms with Crippen molar-refractivity contribution in [3.8, 4) is 17.2 Å². The molecule has 0 saturated heterocycles. The average molecular weight is 633 g/mol. The summed E-state index contributed by atoms with van der Waals surface area (Å²) < 4.78 is 24.0. The van der Waals surface area contributed by atoms with Gasteiger partial charge in [0.05, 0.1) is 42.2 Å². The molecule has 3 aromatic carbocycles. The van der Waals surface area contributed by atoms with Crippen LogP contribution >= 0.6 is 22.9 Å². The zero-order valence-corrected chi connectivity index (χ0v) is 25.8. The van der Waals surface area contributed by atoms with Gasteiger partial charge in [-0.1, -0.05) is 54.5 Å². The van der Waals surface area contributed by atoms with E-state index in [-0.39, 0.29) is 11.3 Å². The fourth-order valence-electron chi connectivity index (χ4n) is 5.19. The van der Waals surface area contributed by atoms with E-state index in [4.69, 9.17) is 30.2 Å². The average Bonchev–Trinajstić information content (AvgIpc) is 3.71. The van der Waals surface area contributed by atoms with Crippen molar-refractivity contribution in [1.82, 2.24) is 4.98 Å².